The van der Waals surface area contributed by atoms with Crippen LogP contribution in [0.5, 0.6) is 0 Å². The molecule has 17 heavy (non-hydrogen) atoms. The summed E-state index contributed by atoms with van der Waals surface area (Å²) in [6, 6.07) is 3.83. The summed E-state index contributed by atoms with van der Waals surface area (Å²) >= 11 is 0. The molecule has 2 heterocycles. The largest absolute Gasteiger partial charge is 0.481 e. The summed E-state index contributed by atoms with van der Waals surface area (Å²) in [5, 5.41) is 8.65. The smallest absolute Gasteiger partial charge is 0.303 e. The summed E-state index contributed by atoms with van der Waals surface area (Å²) in [6.45, 7) is 3.13. The minimum absolute atomic E-state index is 0.159. The lowest BCUT2D eigenvalue weighted by molar-refractivity contribution is -0.136. The number of aryl methyl sites for hydroxylation is 1. The van der Waals surface area contributed by atoms with Crippen LogP contribution in [-0.4, -0.2) is 42.4 Å². The van der Waals surface area contributed by atoms with E-state index in [0.29, 0.717) is 6.42 Å². The Morgan fingerprint density at radius 2 is 2.24 bits per heavy atom. The molecule has 1 aliphatic rings. The summed E-state index contributed by atoms with van der Waals surface area (Å²) < 4.78 is 5.28. The lowest BCUT2D eigenvalue weighted by Crippen LogP contribution is -2.36. The van der Waals surface area contributed by atoms with Crippen molar-refractivity contribution in [1.82, 2.24) is 4.98 Å². The molecule has 0 aromatic carbocycles. The Morgan fingerprint density at radius 1 is 1.47 bits per heavy atom. The molecular weight excluding hydrogens is 220 g/mol. The third-order valence-electron chi connectivity index (χ3n) is 2.77. The normalized spacial score (nSPS) is 15.9. The first-order chi connectivity index (χ1) is 8.25. The molecule has 0 saturated carbocycles. The van der Waals surface area contributed by atoms with E-state index < -0.39 is 5.97 Å². The van der Waals surface area contributed by atoms with Crippen LogP contribution in [0.3, 0.4) is 0 Å². The van der Waals surface area contributed by atoms with E-state index in [1.165, 1.54) is 0 Å². The number of rotatable bonds is 4. The number of hydrogen-bond donors (Lipinski definition) is 1. The van der Waals surface area contributed by atoms with Crippen molar-refractivity contribution in [3.8, 4) is 0 Å². The number of ether oxygens (including phenoxy) is 1. The van der Waals surface area contributed by atoms with Gasteiger partial charge in [-0.25, -0.2) is 4.98 Å². The molecule has 0 spiro atoms. The van der Waals surface area contributed by atoms with Crippen molar-refractivity contribution in [2.45, 2.75) is 12.8 Å². The van der Waals surface area contributed by atoms with Gasteiger partial charge in [-0.3, -0.25) is 4.79 Å². The maximum Gasteiger partial charge on any atom is 0.303 e. The van der Waals surface area contributed by atoms with Gasteiger partial charge in [0, 0.05) is 25.7 Å². The fourth-order valence-electron chi connectivity index (χ4n) is 1.83. The van der Waals surface area contributed by atoms with Crippen LogP contribution in [0, 0.1) is 0 Å². The van der Waals surface area contributed by atoms with E-state index in [9.17, 15) is 4.79 Å². The average Bonchev–Trinajstić information content (AvgIpc) is 2.38. The van der Waals surface area contributed by atoms with Crippen LogP contribution < -0.4 is 4.90 Å². The highest BCUT2D eigenvalue weighted by Gasteiger charge is 2.12. The molecule has 0 amide bonds. The highest BCUT2D eigenvalue weighted by atomic mass is 16.5. The number of pyridine rings is 1. The van der Waals surface area contributed by atoms with Gasteiger partial charge in [-0.05, 0) is 24.1 Å². The molecule has 0 atom stereocenters. The Labute approximate surface area is 100 Å². The number of carboxylic acids is 1. The molecule has 2 rings (SSSR count). The Kier molecular flexibility index (Phi) is 3.93. The van der Waals surface area contributed by atoms with Crippen molar-refractivity contribution in [3.05, 3.63) is 23.9 Å². The molecule has 5 heteroatoms. The fourth-order valence-corrected chi connectivity index (χ4v) is 1.83. The first kappa shape index (κ1) is 11.9. The third-order valence-corrected chi connectivity index (χ3v) is 2.77. The van der Waals surface area contributed by atoms with Crippen LogP contribution in [0.4, 0.5) is 5.82 Å². The van der Waals surface area contributed by atoms with Crippen LogP contribution in [-0.2, 0) is 16.0 Å². The molecule has 1 aromatic heterocycles. The summed E-state index contributed by atoms with van der Waals surface area (Å²) in [5.74, 6) is 0.144. The van der Waals surface area contributed by atoms with Gasteiger partial charge in [-0.2, -0.15) is 0 Å². The van der Waals surface area contributed by atoms with Crippen LogP contribution in [0.15, 0.2) is 18.3 Å². The minimum Gasteiger partial charge on any atom is -0.481 e. The SMILES string of the molecule is O=C(O)CCc1ccnc(N2CCOCC2)c1. The molecule has 92 valence electrons. The number of carbonyl (C=O) groups is 1. The lowest BCUT2D eigenvalue weighted by Gasteiger charge is -2.28. The van der Waals surface area contributed by atoms with E-state index in [4.69, 9.17) is 9.84 Å². The number of hydrogen-bond acceptors (Lipinski definition) is 4. The van der Waals surface area contributed by atoms with Gasteiger partial charge in [0.15, 0.2) is 0 Å². The Bertz CT molecular complexity index is 389. The molecule has 1 N–H and O–H groups in total. The van der Waals surface area contributed by atoms with E-state index in [0.717, 1.165) is 37.7 Å². The molecule has 1 fully saturated rings. The number of morpholine rings is 1. The highest BCUT2D eigenvalue weighted by Crippen LogP contribution is 2.15. The second kappa shape index (κ2) is 5.63. The van der Waals surface area contributed by atoms with Crippen molar-refractivity contribution >= 4 is 11.8 Å². The van der Waals surface area contributed by atoms with Gasteiger partial charge in [-0.1, -0.05) is 0 Å². The Balaban J connectivity index is 2.02. The summed E-state index contributed by atoms with van der Waals surface area (Å²) in [4.78, 5) is 17.0. The van der Waals surface area contributed by atoms with Crippen molar-refractivity contribution < 1.29 is 14.6 Å². The maximum absolute atomic E-state index is 10.5. The van der Waals surface area contributed by atoms with Gasteiger partial charge in [-0.15, -0.1) is 0 Å². The highest BCUT2D eigenvalue weighted by molar-refractivity contribution is 5.67. The Hall–Kier alpha value is -1.62. The van der Waals surface area contributed by atoms with Gasteiger partial charge >= 0.3 is 5.97 Å². The van der Waals surface area contributed by atoms with Crippen molar-refractivity contribution in [3.63, 3.8) is 0 Å². The second-order valence-electron chi connectivity index (χ2n) is 4.02. The van der Waals surface area contributed by atoms with E-state index in [1.807, 2.05) is 12.1 Å². The third kappa shape index (κ3) is 3.42. The van der Waals surface area contributed by atoms with Crippen molar-refractivity contribution in [2.24, 2.45) is 0 Å². The number of anilines is 1. The van der Waals surface area contributed by atoms with E-state index in [2.05, 4.69) is 9.88 Å². The Morgan fingerprint density at radius 3 is 2.94 bits per heavy atom. The molecule has 1 saturated heterocycles. The fraction of sp³-hybridized carbons (Fsp3) is 0.500. The summed E-state index contributed by atoms with van der Waals surface area (Å²) in [5.41, 5.74) is 1.02. The zero-order valence-electron chi connectivity index (χ0n) is 9.63. The predicted octanol–water partition coefficient (Wildman–Crippen LogP) is 0.935. The van der Waals surface area contributed by atoms with Crippen LogP contribution >= 0.6 is 0 Å². The lowest BCUT2D eigenvalue weighted by atomic mass is 10.1. The number of carboxylic acid groups (broad SMARTS) is 1. The molecule has 0 radical (unpaired) electrons. The topological polar surface area (TPSA) is 62.7 Å². The number of aromatic nitrogens is 1. The molecule has 0 aliphatic carbocycles. The first-order valence-electron chi connectivity index (χ1n) is 5.75. The van der Waals surface area contributed by atoms with Gasteiger partial charge in [0.1, 0.15) is 5.82 Å². The molecule has 0 unspecified atom stereocenters. The summed E-state index contributed by atoms with van der Waals surface area (Å²) in [6.07, 6.45) is 2.45. The first-order valence-corrected chi connectivity index (χ1v) is 5.75. The second-order valence-corrected chi connectivity index (χ2v) is 4.02. The van der Waals surface area contributed by atoms with Gasteiger partial charge in [0.25, 0.3) is 0 Å². The molecule has 1 aromatic rings. The van der Waals surface area contributed by atoms with Crippen molar-refractivity contribution in [2.75, 3.05) is 31.2 Å². The standard InChI is InChI=1S/C12H16N2O3/c15-12(16)2-1-10-3-4-13-11(9-10)14-5-7-17-8-6-14/h3-4,9H,1-2,5-8H2,(H,15,16). The molecule has 1 aliphatic heterocycles. The zero-order chi connectivity index (χ0) is 12.1. The molecular formula is C12H16N2O3. The van der Waals surface area contributed by atoms with Crippen LogP contribution in [0.2, 0.25) is 0 Å². The van der Waals surface area contributed by atoms with E-state index in [-0.39, 0.29) is 6.42 Å². The zero-order valence-corrected chi connectivity index (χ0v) is 9.63. The average molecular weight is 236 g/mol. The molecule has 0 bridgehead atoms. The van der Waals surface area contributed by atoms with Gasteiger partial charge < -0.3 is 14.7 Å². The minimum atomic E-state index is -0.769. The predicted molar refractivity (Wildman–Crippen MR) is 63.2 cm³/mol. The monoisotopic (exact) mass is 236 g/mol. The summed E-state index contributed by atoms with van der Waals surface area (Å²) in [7, 11) is 0. The van der Waals surface area contributed by atoms with Crippen LogP contribution in [0.25, 0.3) is 0 Å². The van der Waals surface area contributed by atoms with Crippen molar-refractivity contribution in [1.29, 1.82) is 0 Å². The number of nitrogens with zero attached hydrogens (tertiary/aromatic N) is 2. The van der Waals surface area contributed by atoms with E-state index in [1.54, 1.807) is 6.20 Å². The quantitative estimate of drug-likeness (QED) is 0.842. The van der Waals surface area contributed by atoms with Gasteiger partial charge in [0.05, 0.1) is 13.2 Å². The van der Waals surface area contributed by atoms with Gasteiger partial charge in [0.2, 0.25) is 0 Å². The maximum atomic E-state index is 10.5. The van der Waals surface area contributed by atoms with Crippen LogP contribution in [0.1, 0.15) is 12.0 Å². The molecule has 5 nitrogen and oxygen atoms in total. The number of aliphatic carboxylic acids is 1. The van der Waals surface area contributed by atoms with E-state index >= 15 is 0 Å².